The maximum Gasteiger partial charge on any atom is -0.00929 e. The van der Waals surface area contributed by atoms with E-state index >= 15 is 0 Å². The van der Waals surface area contributed by atoms with Crippen molar-refractivity contribution in [3.63, 3.8) is 0 Å². The topological polar surface area (TPSA) is 0 Å². The highest BCUT2D eigenvalue weighted by Gasteiger charge is 2.36. The molecule has 0 spiro atoms. The molecule has 23 heavy (non-hydrogen) atoms. The third kappa shape index (κ3) is 5.52. The lowest BCUT2D eigenvalue weighted by atomic mass is 9.96. The molecule has 0 radical (unpaired) electrons. The minimum Gasteiger partial charge on any atom is -0.0816 e. The van der Waals surface area contributed by atoms with Gasteiger partial charge in [0.1, 0.15) is 0 Å². The highest BCUT2D eigenvalue weighted by Crippen LogP contribution is 2.49. The van der Waals surface area contributed by atoms with Crippen molar-refractivity contribution in [3.05, 3.63) is 47.0 Å². The standard InChI is InChI=1S/C23H34/c1-19-13-15-21(16-14-19)23-18-22(23)17-20-11-9-7-5-3-2-4-6-8-10-12-20/h13-17,22-23H,2-12,18H2,1H3/t22-,23-/m1/s1. The summed E-state index contributed by atoms with van der Waals surface area (Å²) in [4.78, 5) is 0. The Labute approximate surface area is 143 Å². The zero-order valence-corrected chi connectivity index (χ0v) is 15.0. The third-order valence-corrected chi connectivity index (χ3v) is 5.79. The van der Waals surface area contributed by atoms with E-state index in [9.17, 15) is 0 Å². The van der Waals surface area contributed by atoms with Crippen LogP contribution in [0.4, 0.5) is 0 Å². The molecule has 0 unspecified atom stereocenters. The molecule has 126 valence electrons. The summed E-state index contributed by atoms with van der Waals surface area (Å²) < 4.78 is 0. The van der Waals surface area contributed by atoms with E-state index < -0.39 is 0 Å². The van der Waals surface area contributed by atoms with Crippen molar-refractivity contribution >= 4 is 0 Å². The molecule has 2 aliphatic carbocycles. The smallest absolute Gasteiger partial charge is 0.00929 e. The summed E-state index contributed by atoms with van der Waals surface area (Å²) in [6, 6.07) is 9.24. The van der Waals surface area contributed by atoms with Gasteiger partial charge >= 0.3 is 0 Å². The molecule has 1 aromatic rings. The number of benzene rings is 1. The lowest BCUT2D eigenvalue weighted by molar-refractivity contribution is 0.539. The summed E-state index contributed by atoms with van der Waals surface area (Å²) in [5.74, 6) is 1.64. The van der Waals surface area contributed by atoms with Crippen LogP contribution in [0.3, 0.4) is 0 Å². The van der Waals surface area contributed by atoms with E-state index in [2.05, 4.69) is 37.3 Å². The van der Waals surface area contributed by atoms with Crippen LogP contribution in [0.5, 0.6) is 0 Å². The molecule has 0 amide bonds. The largest absolute Gasteiger partial charge is 0.0816 e. The summed E-state index contributed by atoms with van der Waals surface area (Å²) in [7, 11) is 0. The Balaban J connectivity index is 1.54. The van der Waals surface area contributed by atoms with Crippen molar-refractivity contribution in [2.45, 2.75) is 89.9 Å². The van der Waals surface area contributed by atoms with Crippen molar-refractivity contribution in [3.8, 4) is 0 Å². The Morgan fingerprint density at radius 1 is 0.739 bits per heavy atom. The van der Waals surface area contributed by atoms with E-state index in [4.69, 9.17) is 0 Å². The fourth-order valence-corrected chi connectivity index (χ4v) is 4.13. The maximum absolute atomic E-state index is 2.68. The molecule has 0 nitrogen and oxygen atoms in total. The SMILES string of the molecule is Cc1ccc([C@H]2C[C@H]2C=C2CCCCCCCCCCC2)cc1. The monoisotopic (exact) mass is 310 g/mol. The first kappa shape index (κ1) is 16.8. The Bertz CT molecular complexity index is 479. The Morgan fingerprint density at radius 2 is 1.26 bits per heavy atom. The summed E-state index contributed by atoms with van der Waals surface area (Å²) >= 11 is 0. The fraction of sp³-hybridized carbons (Fsp3) is 0.652. The van der Waals surface area contributed by atoms with Crippen LogP contribution in [-0.2, 0) is 0 Å². The van der Waals surface area contributed by atoms with Crippen molar-refractivity contribution in [2.24, 2.45) is 5.92 Å². The third-order valence-electron chi connectivity index (χ3n) is 5.79. The zero-order valence-electron chi connectivity index (χ0n) is 15.0. The minimum atomic E-state index is 0.810. The van der Waals surface area contributed by atoms with Gasteiger partial charge in [-0.05, 0) is 56.4 Å². The van der Waals surface area contributed by atoms with Gasteiger partial charge in [-0.25, -0.2) is 0 Å². The van der Waals surface area contributed by atoms with Gasteiger partial charge in [-0.1, -0.05) is 86.4 Å². The van der Waals surface area contributed by atoms with Crippen LogP contribution in [-0.4, -0.2) is 0 Å². The molecule has 0 N–H and O–H groups in total. The van der Waals surface area contributed by atoms with Crippen LogP contribution >= 0.6 is 0 Å². The van der Waals surface area contributed by atoms with Gasteiger partial charge in [-0.15, -0.1) is 0 Å². The van der Waals surface area contributed by atoms with E-state index in [0.717, 1.165) is 11.8 Å². The van der Waals surface area contributed by atoms with Crippen molar-refractivity contribution in [2.75, 3.05) is 0 Å². The first-order valence-corrected chi connectivity index (χ1v) is 10.1. The summed E-state index contributed by atoms with van der Waals surface area (Å²) in [6.07, 6.45) is 19.9. The summed E-state index contributed by atoms with van der Waals surface area (Å²) in [5.41, 5.74) is 4.72. The van der Waals surface area contributed by atoms with Crippen LogP contribution in [0.25, 0.3) is 0 Å². The number of hydrogen-bond acceptors (Lipinski definition) is 0. The first-order chi connectivity index (χ1) is 11.3. The molecular weight excluding hydrogens is 276 g/mol. The van der Waals surface area contributed by atoms with Gasteiger partial charge < -0.3 is 0 Å². The predicted molar refractivity (Wildman–Crippen MR) is 101 cm³/mol. The molecular formula is C23H34. The van der Waals surface area contributed by atoms with Crippen molar-refractivity contribution in [1.82, 2.24) is 0 Å². The normalized spacial score (nSPS) is 26.9. The average molecular weight is 311 g/mol. The molecule has 1 aromatic carbocycles. The molecule has 2 saturated carbocycles. The Morgan fingerprint density at radius 3 is 1.83 bits per heavy atom. The maximum atomic E-state index is 2.68. The highest BCUT2D eigenvalue weighted by molar-refractivity contribution is 5.31. The van der Waals surface area contributed by atoms with Gasteiger partial charge in [0.2, 0.25) is 0 Å². The predicted octanol–water partition coefficient (Wildman–Crippen LogP) is 7.33. The van der Waals surface area contributed by atoms with E-state index in [1.807, 2.05) is 0 Å². The summed E-state index contributed by atoms with van der Waals surface area (Å²) in [6.45, 7) is 2.18. The molecule has 2 fully saturated rings. The van der Waals surface area contributed by atoms with E-state index in [1.54, 1.807) is 11.1 Å². The summed E-state index contributed by atoms with van der Waals surface area (Å²) in [5, 5.41) is 0. The number of hydrogen-bond donors (Lipinski definition) is 0. The molecule has 0 bridgehead atoms. The van der Waals surface area contributed by atoms with Crippen molar-refractivity contribution in [1.29, 1.82) is 0 Å². The van der Waals surface area contributed by atoms with Crippen LogP contribution in [0, 0.1) is 12.8 Å². The van der Waals surface area contributed by atoms with Crippen LogP contribution in [0.1, 0.15) is 94.1 Å². The fourth-order valence-electron chi connectivity index (χ4n) is 4.13. The first-order valence-electron chi connectivity index (χ1n) is 10.1. The van der Waals surface area contributed by atoms with Crippen LogP contribution < -0.4 is 0 Å². The Hall–Kier alpha value is -1.04. The Kier molecular flexibility index (Phi) is 6.37. The lowest BCUT2D eigenvalue weighted by Gasteiger charge is -2.10. The number of rotatable bonds is 2. The van der Waals surface area contributed by atoms with E-state index in [1.165, 1.54) is 82.6 Å². The average Bonchev–Trinajstić information content (AvgIpc) is 3.30. The molecule has 0 aliphatic heterocycles. The minimum absolute atomic E-state index is 0.810. The molecule has 0 heteroatoms. The van der Waals surface area contributed by atoms with Gasteiger partial charge in [-0.2, -0.15) is 0 Å². The number of allylic oxidation sites excluding steroid dienone is 2. The molecule has 0 aromatic heterocycles. The van der Waals surface area contributed by atoms with Gasteiger partial charge in [0.15, 0.2) is 0 Å². The number of aryl methyl sites for hydroxylation is 1. The van der Waals surface area contributed by atoms with Crippen LogP contribution in [0.15, 0.2) is 35.9 Å². The van der Waals surface area contributed by atoms with Crippen molar-refractivity contribution < 1.29 is 0 Å². The quantitative estimate of drug-likeness (QED) is 0.502. The van der Waals surface area contributed by atoms with Gasteiger partial charge in [0, 0.05) is 0 Å². The molecule has 3 rings (SSSR count). The zero-order chi connectivity index (χ0) is 15.9. The second-order valence-corrected chi connectivity index (χ2v) is 7.92. The van der Waals surface area contributed by atoms with Crippen LogP contribution in [0.2, 0.25) is 0 Å². The van der Waals surface area contributed by atoms with Gasteiger partial charge in [0.05, 0.1) is 0 Å². The molecule has 2 aliphatic rings. The van der Waals surface area contributed by atoms with Gasteiger partial charge in [0.25, 0.3) is 0 Å². The molecule has 0 heterocycles. The second kappa shape index (κ2) is 8.71. The molecule has 2 atom stereocenters. The second-order valence-electron chi connectivity index (χ2n) is 7.92. The lowest BCUT2D eigenvalue weighted by Crippen LogP contribution is -1.91. The van der Waals surface area contributed by atoms with E-state index in [-0.39, 0.29) is 0 Å². The van der Waals surface area contributed by atoms with Gasteiger partial charge in [-0.3, -0.25) is 0 Å². The van der Waals surface area contributed by atoms with E-state index in [0.29, 0.717) is 0 Å². The molecule has 0 saturated heterocycles. The highest BCUT2D eigenvalue weighted by atomic mass is 14.4.